The molecule has 3 nitrogen and oxygen atoms in total. The first-order valence-corrected chi connectivity index (χ1v) is 8.47. The summed E-state index contributed by atoms with van der Waals surface area (Å²) >= 11 is 0. The fourth-order valence-corrected chi connectivity index (χ4v) is 2.34. The first-order valence-electron chi connectivity index (χ1n) is 8.47. The lowest BCUT2D eigenvalue weighted by molar-refractivity contribution is 0.0763. The number of carbonyl (C=O) groups excluding carboxylic acids is 1. The average Bonchev–Trinajstić information content (AvgIpc) is 2.55. The molecule has 1 amide bonds. The minimum atomic E-state index is -1.00. The Bertz CT molecular complexity index is 484. The normalized spacial score (nSPS) is 14.6. The van der Waals surface area contributed by atoms with Crippen LogP contribution in [0.1, 0.15) is 50.5 Å². The zero-order valence-corrected chi connectivity index (χ0v) is 15.8. The van der Waals surface area contributed by atoms with Gasteiger partial charge in [-0.3, -0.25) is 4.79 Å². The molecule has 1 aliphatic rings. The Hall–Kier alpha value is -1.22. The summed E-state index contributed by atoms with van der Waals surface area (Å²) < 4.78 is 0. The molecule has 0 spiro atoms. The maximum Gasteiger partial charge on any atom is 0.253 e. The molecule has 1 aromatic carbocycles. The molecule has 1 fully saturated rings. The third-order valence-electron chi connectivity index (χ3n) is 3.57. The van der Waals surface area contributed by atoms with Crippen molar-refractivity contribution in [2.45, 2.75) is 40.0 Å². The standard InChI is InChI=1S/C14H18B2N2O.2C2H6/c1-10-8-18(9-10)14(15,16)12-6-4-5-11(7-12)13(19)17(2)3;2*1-2/h4-7,10H,8-9H2,1-3H3;2*1-2H3. The highest BCUT2D eigenvalue weighted by Gasteiger charge is 2.35. The van der Waals surface area contributed by atoms with Crippen LogP contribution in [0.25, 0.3) is 0 Å². The van der Waals surface area contributed by atoms with E-state index in [4.69, 9.17) is 15.7 Å². The Morgan fingerprint density at radius 1 is 1.17 bits per heavy atom. The summed E-state index contributed by atoms with van der Waals surface area (Å²) in [4.78, 5) is 15.5. The molecule has 5 heteroatoms. The minimum Gasteiger partial charge on any atom is -0.345 e. The molecule has 1 heterocycles. The summed E-state index contributed by atoms with van der Waals surface area (Å²) in [6, 6.07) is 7.26. The van der Waals surface area contributed by atoms with Gasteiger partial charge in [-0.05, 0) is 29.0 Å². The highest BCUT2D eigenvalue weighted by molar-refractivity contribution is 6.39. The van der Waals surface area contributed by atoms with E-state index < -0.39 is 5.34 Å². The molecular weight excluding hydrogens is 282 g/mol. The molecule has 1 aliphatic heterocycles. The number of benzene rings is 1. The zero-order valence-electron chi connectivity index (χ0n) is 15.8. The fourth-order valence-electron chi connectivity index (χ4n) is 2.34. The molecule has 1 saturated heterocycles. The van der Waals surface area contributed by atoms with Crippen LogP contribution in [0.3, 0.4) is 0 Å². The number of amides is 1. The van der Waals surface area contributed by atoms with Gasteiger partial charge >= 0.3 is 0 Å². The second kappa shape index (κ2) is 9.82. The van der Waals surface area contributed by atoms with Crippen molar-refractivity contribution < 1.29 is 4.79 Å². The predicted octanol–water partition coefficient (Wildman–Crippen LogP) is 2.84. The van der Waals surface area contributed by atoms with Gasteiger partial charge in [0.25, 0.3) is 5.91 Å². The van der Waals surface area contributed by atoms with Crippen LogP contribution >= 0.6 is 0 Å². The van der Waals surface area contributed by atoms with Crippen molar-refractivity contribution in [1.29, 1.82) is 0 Å². The third kappa shape index (κ3) is 5.42. The topological polar surface area (TPSA) is 23.6 Å². The van der Waals surface area contributed by atoms with Crippen LogP contribution in [0.2, 0.25) is 0 Å². The number of hydrogen-bond donors (Lipinski definition) is 0. The fraction of sp³-hybridized carbons (Fsp3) is 0.611. The SMILES string of the molecule is CC.CC.[B]C([B])(c1cccc(C(=O)N(C)C)c1)N1CC(C)C1. The summed E-state index contributed by atoms with van der Waals surface area (Å²) in [6.07, 6.45) is 0. The largest absolute Gasteiger partial charge is 0.345 e. The van der Waals surface area contributed by atoms with Crippen LogP contribution in [0.15, 0.2) is 24.3 Å². The average molecular weight is 312 g/mol. The van der Waals surface area contributed by atoms with Crippen molar-refractivity contribution >= 4 is 21.6 Å². The van der Waals surface area contributed by atoms with Gasteiger partial charge in [0.05, 0.1) is 15.7 Å². The molecule has 0 aliphatic carbocycles. The van der Waals surface area contributed by atoms with Crippen LogP contribution in [-0.2, 0) is 5.34 Å². The van der Waals surface area contributed by atoms with Gasteiger partial charge in [0.15, 0.2) is 0 Å². The number of carbonyl (C=O) groups is 1. The van der Waals surface area contributed by atoms with E-state index in [1.807, 2.05) is 44.7 Å². The van der Waals surface area contributed by atoms with Gasteiger partial charge in [0, 0.05) is 32.7 Å². The molecule has 0 saturated carbocycles. The second-order valence-corrected chi connectivity index (χ2v) is 5.62. The lowest BCUT2D eigenvalue weighted by Gasteiger charge is -2.50. The molecule has 23 heavy (non-hydrogen) atoms. The van der Waals surface area contributed by atoms with Crippen molar-refractivity contribution in [3.8, 4) is 0 Å². The summed E-state index contributed by atoms with van der Waals surface area (Å²) in [6.45, 7) is 11.9. The molecule has 124 valence electrons. The van der Waals surface area contributed by atoms with Gasteiger partial charge in [-0.1, -0.05) is 46.8 Å². The Labute approximate surface area is 145 Å². The molecule has 0 aromatic heterocycles. The highest BCUT2D eigenvalue weighted by Crippen LogP contribution is 2.29. The van der Waals surface area contributed by atoms with Gasteiger partial charge in [0.1, 0.15) is 0 Å². The molecule has 0 bridgehead atoms. The van der Waals surface area contributed by atoms with E-state index in [0.29, 0.717) is 11.5 Å². The van der Waals surface area contributed by atoms with Gasteiger partial charge < -0.3 is 9.80 Å². The Morgan fingerprint density at radius 3 is 2.13 bits per heavy atom. The van der Waals surface area contributed by atoms with E-state index in [1.54, 1.807) is 31.1 Å². The van der Waals surface area contributed by atoms with E-state index in [2.05, 4.69) is 6.92 Å². The molecule has 2 rings (SSSR count). The molecular formula is C18H30B2N2O. The van der Waals surface area contributed by atoms with Crippen LogP contribution in [0.5, 0.6) is 0 Å². The lowest BCUT2D eigenvalue weighted by atomic mass is 9.55. The number of nitrogens with zero attached hydrogens (tertiary/aromatic N) is 2. The number of hydrogen-bond acceptors (Lipinski definition) is 2. The van der Waals surface area contributed by atoms with E-state index in [-0.39, 0.29) is 5.91 Å². The smallest absolute Gasteiger partial charge is 0.253 e. The first-order chi connectivity index (χ1) is 10.8. The Balaban J connectivity index is 0.00000112. The van der Waals surface area contributed by atoms with Gasteiger partial charge in [-0.2, -0.15) is 0 Å². The maximum atomic E-state index is 12.0. The molecule has 0 atom stereocenters. The van der Waals surface area contributed by atoms with Crippen molar-refractivity contribution in [2.24, 2.45) is 5.92 Å². The van der Waals surface area contributed by atoms with Gasteiger partial charge in [-0.25, -0.2) is 0 Å². The second-order valence-electron chi connectivity index (χ2n) is 5.62. The molecule has 0 unspecified atom stereocenters. The lowest BCUT2D eigenvalue weighted by Crippen LogP contribution is -2.58. The van der Waals surface area contributed by atoms with Crippen molar-refractivity contribution in [2.75, 3.05) is 27.2 Å². The quantitative estimate of drug-likeness (QED) is 0.801. The van der Waals surface area contributed by atoms with E-state index in [0.717, 1.165) is 18.7 Å². The van der Waals surface area contributed by atoms with Crippen molar-refractivity contribution in [3.63, 3.8) is 0 Å². The van der Waals surface area contributed by atoms with Gasteiger partial charge in [0.2, 0.25) is 0 Å². The molecule has 4 radical (unpaired) electrons. The molecule has 0 N–H and O–H groups in total. The van der Waals surface area contributed by atoms with Crippen LogP contribution in [-0.4, -0.2) is 58.6 Å². The van der Waals surface area contributed by atoms with Crippen LogP contribution in [0, 0.1) is 5.92 Å². The summed E-state index contributed by atoms with van der Waals surface area (Å²) in [5, 5.41) is -1.00. The van der Waals surface area contributed by atoms with E-state index >= 15 is 0 Å². The minimum absolute atomic E-state index is 0.0466. The summed E-state index contributed by atoms with van der Waals surface area (Å²) in [7, 11) is 15.9. The zero-order chi connectivity index (χ0) is 18.2. The third-order valence-corrected chi connectivity index (χ3v) is 3.57. The number of likely N-dealkylation sites (tertiary alicyclic amines) is 1. The summed E-state index contributed by atoms with van der Waals surface area (Å²) in [5.74, 6) is 0.577. The highest BCUT2D eigenvalue weighted by atomic mass is 16.2. The predicted molar refractivity (Wildman–Crippen MR) is 101 cm³/mol. The monoisotopic (exact) mass is 312 g/mol. The van der Waals surface area contributed by atoms with E-state index in [9.17, 15) is 4.79 Å². The first kappa shape index (κ1) is 21.8. The van der Waals surface area contributed by atoms with Crippen LogP contribution in [0.4, 0.5) is 0 Å². The van der Waals surface area contributed by atoms with Gasteiger partial charge in [-0.15, -0.1) is 0 Å². The van der Waals surface area contributed by atoms with E-state index in [1.165, 1.54) is 0 Å². The van der Waals surface area contributed by atoms with Crippen LogP contribution < -0.4 is 0 Å². The van der Waals surface area contributed by atoms with Crippen molar-refractivity contribution in [3.05, 3.63) is 35.4 Å². The summed E-state index contributed by atoms with van der Waals surface area (Å²) in [5.41, 5.74) is 1.38. The Morgan fingerprint density at radius 2 is 1.70 bits per heavy atom. The maximum absolute atomic E-state index is 12.0. The van der Waals surface area contributed by atoms with Crippen molar-refractivity contribution in [1.82, 2.24) is 9.80 Å². The Kier molecular flexibility index (Phi) is 9.29. The number of rotatable bonds is 3. The molecule has 1 aromatic rings.